The molecule has 3 rings (SSSR count). The van der Waals surface area contributed by atoms with Gasteiger partial charge in [0.25, 0.3) is 0 Å². The molecule has 0 saturated heterocycles. The molecule has 108 valence electrons. The molecule has 1 nitrogen and oxygen atoms in total. The highest BCUT2D eigenvalue weighted by Crippen LogP contribution is 2.80. The summed E-state index contributed by atoms with van der Waals surface area (Å²) in [5, 5.41) is 0. The molecular weight excluding hydrogens is 230 g/mol. The minimum Gasteiger partial charge on any atom is -0.324 e. The molecule has 1 spiro atoms. The quantitative estimate of drug-likeness (QED) is 0.643. The van der Waals surface area contributed by atoms with Gasteiger partial charge in [-0.05, 0) is 59.7 Å². The Morgan fingerprint density at radius 3 is 2.42 bits per heavy atom. The van der Waals surface area contributed by atoms with Crippen molar-refractivity contribution in [2.45, 2.75) is 66.3 Å². The fourth-order valence-electron chi connectivity index (χ4n) is 6.28. The zero-order chi connectivity index (χ0) is 14.1. The van der Waals surface area contributed by atoms with Gasteiger partial charge in [-0.25, -0.2) is 0 Å². The van der Waals surface area contributed by atoms with E-state index in [1.54, 1.807) is 0 Å². The monoisotopic (exact) mass is 261 g/mol. The summed E-state index contributed by atoms with van der Waals surface area (Å²) in [5.41, 5.74) is 7.68. The highest BCUT2D eigenvalue weighted by atomic mass is 14.8. The second kappa shape index (κ2) is 3.87. The van der Waals surface area contributed by atoms with Gasteiger partial charge < -0.3 is 5.73 Å². The van der Waals surface area contributed by atoms with Crippen LogP contribution >= 0.6 is 0 Å². The molecule has 5 atom stereocenters. The Balaban J connectivity index is 1.84. The third kappa shape index (κ3) is 1.84. The first-order valence-corrected chi connectivity index (χ1v) is 8.12. The molecule has 0 aromatic rings. The van der Waals surface area contributed by atoms with Crippen molar-refractivity contribution in [1.82, 2.24) is 0 Å². The average Bonchev–Trinajstić information content (AvgIpc) is 2.74. The maximum atomic E-state index is 6.09. The van der Waals surface area contributed by atoms with Crippen LogP contribution in [0.3, 0.4) is 0 Å². The Bertz CT molecular complexity index is 400. The second-order valence-electron chi connectivity index (χ2n) is 9.13. The van der Waals surface area contributed by atoms with Gasteiger partial charge in [0.05, 0.1) is 0 Å². The van der Waals surface area contributed by atoms with Crippen molar-refractivity contribution in [3.05, 3.63) is 12.2 Å². The van der Waals surface area contributed by atoms with E-state index in [4.69, 9.17) is 5.73 Å². The Kier molecular flexibility index (Phi) is 2.79. The van der Waals surface area contributed by atoms with E-state index in [-0.39, 0.29) is 0 Å². The molecule has 3 aliphatic carbocycles. The van der Waals surface area contributed by atoms with E-state index in [0.717, 1.165) is 17.8 Å². The number of rotatable bonds is 0. The molecule has 0 radical (unpaired) electrons. The van der Waals surface area contributed by atoms with Crippen molar-refractivity contribution >= 4 is 0 Å². The van der Waals surface area contributed by atoms with E-state index in [0.29, 0.717) is 22.3 Å². The summed E-state index contributed by atoms with van der Waals surface area (Å²) >= 11 is 0. The lowest BCUT2D eigenvalue weighted by molar-refractivity contribution is 0.133. The summed E-state index contributed by atoms with van der Waals surface area (Å²) in [4.78, 5) is 0. The zero-order valence-electron chi connectivity index (χ0n) is 13.4. The Morgan fingerprint density at radius 2 is 1.84 bits per heavy atom. The van der Waals surface area contributed by atoms with E-state index < -0.39 is 0 Å². The van der Waals surface area contributed by atoms with E-state index in [1.165, 1.54) is 25.7 Å². The molecule has 5 unspecified atom stereocenters. The van der Waals surface area contributed by atoms with Crippen LogP contribution in [0.2, 0.25) is 0 Å². The molecule has 0 aromatic carbocycles. The van der Waals surface area contributed by atoms with Gasteiger partial charge in [0, 0.05) is 6.04 Å². The summed E-state index contributed by atoms with van der Waals surface area (Å²) in [7, 11) is 0. The van der Waals surface area contributed by atoms with Gasteiger partial charge in [0.2, 0.25) is 0 Å². The predicted octanol–water partition coefficient (Wildman–Crippen LogP) is 4.38. The third-order valence-electron chi connectivity index (χ3n) is 6.69. The highest BCUT2D eigenvalue weighted by Gasteiger charge is 2.73. The second-order valence-corrected chi connectivity index (χ2v) is 9.13. The molecule has 3 aliphatic rings. The van der Waals surface area contributed by atoms with E-state index >= 15 is 0 Å². The lowest BCUT2D eigenvalue weighted by Gasteiger charge is -2.41. The standard InChI is InChI=1S/C18H31N/c1-16(2,3)15-17(4,5)18(15)9-8-12-10-14(19)7-6-13(12)11-18/h6-7,12-15H,8-11,19H2,1-5H3. The summed E-state index contributed by atoms with van der Waals surface area (Å²) in [6.07, 6.45) is 10.2. The number of allylic oxidation sites excluding steroid dienone is 1. The molecule has 0 aliphatic heterocycles. The summed E-state index contributed by atoms with van der Waals surface area (Å²) in [6, 6.07) is 0.320. The molecule has 19 heavy (non-hydrogen) atoms. The lowest BCUT2D eigenvalue weighted by Crippen LogP contribution is -2.35. The van der Waals surface area contributed by atoms with Gasteiger partial charge in [-0.2, -0.15) is 0 Å². The minimum absolute atomic E-state index is 0.320. The zero-order valence-corrected chi connectivity index (χ0v) is 13.4. The fourth-order valence-corrected chi connectivity index (χ4v) is 6.28. The first-order chi connectivity index (χ1) is 8.68. The molecule has 0 heterocycles. The largest absolute Gasteiger partial charge is 0.324 e. The summed E-state index contributed by atoms with van der Waals surface area (Å²) in [6.45, 7) is 12.3. The van der Waals surface area contributed by atoms with E-state index in [2.05, 4.69) is 46.8 Å². The molecular formula is C18H31N. The van der Waals surface area contributed by atoms with Crippen LogP contribution in [0, 0.1) is 34.0 Å². The number of hydrogen-bond donors (Lipinski definition) is 1. The van der Waals surface area contributed by atoms with Crippen LogP contribution in [0.25, 0.3) is 0 Å². The van der Waals surface area contributed by atoms with Crippen LogP contribution in [0.4, 0.5) is 0 Å². The van der Waals surface area contributed by atoms with Crippen molar-refractivity contribution in [2.24, 2.45) is 39.7 Å². The van der Waals surface area contributed by atoms with Crippen LogP contribution < -0.4 is 5.73 Å². The molecule has 0 aromatic heterocycles. The van der Waals surface area contributed by atoms with Gasteiger partial charge in [-0.3, -0.25) is 0 Å². The molecule has 2 N–H and O–H groups in total. The topological polar surface area (TPSA) is 26.0 Å². The van der Waals surface area contributed by atoms with Crippen molar-refractivity contribution in [3.63, 3.8) is 0 Å². The molecule has 0 bridgehead atoms. The molecule has 1 heteroatoms. The maximum Gasteiger partial charge on any atom is 0.0226 e. The van der Waals surface area contributed by atoms with E-state index in [9.17, 15) is 0 Å². The normalized spacial score (nSPS) is 48.1. The molecule has 2 saturated carbocycles. The van der Waals surface area contributed by atoms with Gasteiger partial charge in [0.1, 0.15) is 0 Å². The fraction of sp³-hybridized carbons (Fsp3) is 0.889. The molecule has 2 fully saturated rings. The van der Waals surface area contributed by atoms with Crippen molar-refractivity contribution in [3.8, 4) is 0 Å². The van der Waals surface area contributed by atoms with Gasteiger partial charge >= 0.3 is 0 Å². The van der Waals surface area contributed by atoms with Crippen molar-refractivity contribution in [2.75, 3.05) is 0 Å². The van der Waals surface area contributed by atoms with Crippen LogP contribution in [0.5, 0.6) is 0 Å². The van der Waals surface area contributed by atoms with Crippen molar-refractivity contribution in [1.29, 1.82) is 0 Å². The lowest BCUT2D eigenvalue weighted by atomic mass is 9.65. The van der Waals surface area contributed by atoms with Crippen LogP contribution in [-0.4, -0.2) is 6.04 Å². The first-order valence-electron chi connectivity index (χ1n) is 8.12. The van der Waals surface area contributed by atoms with Crippen molar-refractivity contribution < 1.29 is 0 Å². The number of hydrogen-bond acceptors (Lipinski definition) is 1. The van der Waals surface area contributed by atoms with Gasteiger partial charge in [-0.1, -0.05) is 46.8 Å². The Labute approximate surface area is 119 Å². The molecule has 0 amide bonds. The van der Waals surface area contributed by atoms with Crippen LogP contribution in [-0.2, 0) is 0 Å². The summed E-state index contributed by atoms with van der Waals surface area (Å²) < 4.78 is 0. The number of nitrogens with two attached hydrogens (primary N) is 1. The minimum atomic E-state index is 0.320. The summed E-state index contributed by atoms with van der Waals surface area (Å²) in [5.74, 6) is 2.56. The van der Waals surface area contributed by atoms with Gasteiger partial charge in [-0.15, -0.1) is 0 Å². The van der Waals surface area contributed by atoms with E-state index in [1.807, 2.05) is 0 Å². The maximum absolute atomic E-state index is 6.09. The average molecular weight is 261 g/mol. The predicted molar refractivity (Wildman–Crippen MR) is 81.7 cm³/mol. The smallest absolute Gasteiger partial charge is 0.0226 e. The Morgan fingerprint density at radius 1 is 1.16 bits per heavy atom. The highest BCUT2D eigenvalue weighted by molar-refractivity contribution is 5.23. The number of fused-ring (bicyclic) bond motifs is 1. The third-order valence-corrected chi connectivity index (χ3v) is 6.69. The van der Waals surface area contributed by atoms with Gasteiger partial charge in [0.15, 0.2) is 0 Å². The van der Waals surface area contributed by atoms with Crippen LogP contribution in [0.1, 0.15) is 60.3 Å². The first kappa shape index (κ1) is 13.7. The SMILES string of the molecule is CC(C)(C)C1C(C)(C)C12CCC1CC(N)C=CC1C2. The van der Waals surface area contributed by atoms with Crippen LogP contribution in [0.15, 0.2) is 12.2 Å². The Hall–Kier alpha value is -0.300.